The van der Waals surface area contributed by atoms with E-state index in [1.807, 2.05) is 0 Å². The van der Waals surface area contributed by atoms with E-state index in [4.69, 9.17) is 4.74 Å². The number of ether oxygens (including phenoxy) is 2. The molecule has 0 aromatic heterocycles. The molecule has 8 heteroatoms. The minimum Gasteiger partial charge on any atom is -0.497 e. The number of halogens is 5. The van der Waals surface area contributed by atoms with Crippen LogP contribution in [0.3, 0.4) is 0 Å². The van der Waals surface area contributed by atoms with Gasteiger partial charge >= 0.3 is 12.8 Å². The van der Waals surface area contributed by atoms with Crippen LogP contribution in [-0.2, 0) is 12.7 Å². The summed E-state index contributed by atoms with van der Waals surface area (Å²) in [4.78, 5) is 0. The molecular formula is C16H14F5NO2. The molecule has 0 saturated carbocycles. The zero-order valence-electron chi connectivity index (χ0n) is 12.5. The van der Waals surface area contributed by atoms with Crippen LogP contribution in [0.1, 0.15) is 11.1 Å². The number of rotatable bonds is 6. The molecule has 0 aliphatic rings. The van der Waals surface area contributed by atoms with Crippen molar-refractivity contribution in [3.8, 4) is 11.5 Å². The maximum absolute atomic E-state index is 13.0. The number of nitrogens with one attached hydrogen (secondary N) is 1. The summed E-state index contributed by atoms with van der Waals surface area (Å²) in [6, 6.07) is 9.05. The van der Waals surface area contributed by atoms with Crippen molar-refractivity contribution < 1.29 is 31.4 Å². The first-order chi connectivity index (χ1) is 11.3. The van der Waals surface area contributed by atoms with Crippen molar-refractivity contribution in [2.75, 3.05) is 12.4 Å². The van der Waals surface area contributed by atoms with Crippen LogP contribution >= 0.6 is 0 Å². The molecule has 0 fully saturated rings. The van der Waals surface area contributed by atoms with E-state index in [1.165, 1.54) is 43.5 Å². The van der Waals surface area contributed by atoms with Crippen molar-refractivity contribution in [1.82, 2.24) is 0 Å². The first-order valence-electron chi connectivity index (χ1n) is 6.83. The number of anilines is 1. The molecule has 0 aliphatic carbocycles. The van der Waals surface area contributed by atoms with Crippen molar-refractivity contribution in [2.24, 2.45) is 0 Å². The van der Waals surface area contributed by atoms with Crippen LogP contribution in [0.25, 0.3) is 0 Å². The van der Waals surface area contributed by atoms with E-state index >= 15 is 0 Å². The van der Waals surface area contributed by atoms with Crippen molar-refractivity contribution >= 4 is 5.69 Å². The topological polar surface area (TPSA) is 30.5 Å². The molecule has 0 unspecified atom stereocenters. The third-order valence-corrected chi connectivity index (χ3v) is 3.19. The average Bonchev–Trinajstić information content (AvgIpc) is 2.53. The fraction of sp³-hybridized carbons (Fsp3) is 0.250. The fourth-order valence-corrected chi connectivity index (χ4v) is 2.11. The highest BCUT2D eigenvalue weighted by molar-refractivity contribution is 5.60. The van der Waals surface area contributed by atoms with Crippen molar-refractivity contribution in [3.05, 3.63) is 53.6 Å². The summed E-state index contributed by atoms with van der Waals surface area (Å²) in [6.07, 6.45) is -4.51. The second kappa shape index (κ2) is 7.37. The van der Waals surface area contributed by atoms with Crippen molar-refractivity contribution in [3.63, 3.8) is 0 Å². The molecular weight excluding hydrogens is 333 g/mol. The molecule has 1 N–H and O–H groups in total. The molecule has 130 valence electrons. The predicted octanol–water partition coefficient (Wildman–Crippen LogP) is 4.93. The Morgan fingerprint density at radius 3 is 2.42 bits per heavy atom. The summed E-state index contributed by atoms with van der Waals surface area (Å²) in [7, 11) is 1.38. The van der Waals surface area contributed by atoms with Gasteiger partial charge in [-0.1, -0.05) is 18.2 Å². The number of benzene rings is 2. The lowest BCUT2D eigenvalue weighted by molar-refractivity contribution is -0.138. The lowest BCUT2D eigenvalue weighted by atomic mass is 10.1. The molecule has 0 spiro atoms. The van der Waals surface area contributed by atoms with Crippen LogP contribution in [-0.4, -0.2) is 13.7 Å². The van der Waals surface area contributed by atoms with Gasteiger partial charge in [-0.3, -0.25) is 0 Å². The van der Waals surface area contributed by atoms with Crippen LogP contribution in [0.4, 0.5) is 27.6 Å². The quantitative estimate of drug-likeness (QED) is 0.752. The zero-order chi connectivity index (χ0) is 17.7. The van der Waals surface area contributed by atoms with Gasteiger partial charge in [-0.25, -0.2) is 0 Å². The summed E-state index contributed by atoms with van der Waals surface area (Å²) in [6.45, 7) is -3.27. The van der Waals surface area contributed by atoms with E-state index < -0.39 is 18.4 Å². The molecule has 24 heavy (non-hydrogen) atoms. The van der Waals surface area contributed by atoms with Gasteiger partial charge in [0, 0.05) is 12.6 Å². The van der Waals surface area contributed by atoms with Gasteiger partial charge in [0.05, 0.1) is 18.4 Å². The highest BCUT2D eigenvalue weighted by atomic mass is 19.4. The first-order valence-corrected chi connectivity index (χ1v) is 6.83. The van der Waals surface area contributed by atoms with Crippen molar-refractivity contribution in [2.45, 2.75) is 19.3 Å². The summed E-state index contributed by atoms with van der Waals surface area (Å²) < 4.78 is 73.1. The lowest BCUT2D eigenvalue weighted by Gasteiger charge is -2.16. The van der Waals surface area contributed by atoms with Gasteiger partial charge in [0.2, 0.25) is 0 Å². The van der Waals surface area contributed by atoms with Crippen LogP contribution in [0, 0.1) is 0 Å². The Kier molecular flexibility index (Phi) is 5.48. The maximum Gasteiger partial charge on any atom is 0.416 e. The number of hydrogen-bond acceptors (Lipinski definition) is 3. The Morgan fingerprint density at radius 1 is 1.08 bits per heavy atom. The first kappa shape index (κ1) is 17.8. The number of methoxy groups -OCH3 is 1. The van der Waals surface area contributed by atoms with Gasteiger partial charge in [0.25, 0.3) is 0 Å². The molecule has 0 radical (unpaired) electrons. The van der Waals surface area contributed by atoms with Crippen LogP contribution < -0.4 is 14.8 Å². The summed E-state index contributed by atoms with van der Waals surface area (Å²) in [5.41, 5.74) is -0.709. The minimum absolute atomic E-state index is 0.0178. The number of hydrogen-bond donors (Lipinski definition) is 1. The summed E-state index contributed by atoms with van der Waals surface area (Å²) in [5, 5.41) is 2.68. The van der Waals surface area contributed by atoms with E-state index in [0.717, 1.165) is 6.07 Å². The molecule has 3 nitrogen and oxygen atoms in total. The molecule has 0 bridgehead atoms. The third-order valence-electron chi connectivity index (χ3n) is 3.19. The molecule has 0 heterocycles. The fourth-order valence-electron chi connectivity index (χ4n) is 2.11. The largest absolute Gasteiger partial charge is 0.497 e. The monoisotopic (exact) mass is 347 g/mol. The Bertz CT molecular complexity index is 688. The Hall–Kier alpha value is -2.51. The highest BCUT2D eigenvalue weighted by Gasteiger charge is 2.32. The average molecular weight is 347 g/mol. The van der Waals surface area contributed by atoms with Gasteiger partial charge in [0.15, 0.2) is 0 Å². The normalized spacial score (nSPS) is 11.5. The molecule has 2 aromatic rings. The molecule has 2 rings (SSSR count). The van der Waals surface area contributed by atoms with Gasteiger partial charge in [-0.05, 0) is 23.8 Å². The smallest absolute Gasteiger partial charge is 0.416 e. The van der Waals surface area contributed by atoms with E-state index in [2.05, 4.69) is 10.1 Å². The molecule has 2 aromatic carbocycles. The maximum atomic E-state index is 13.0. The molecule has 0 atom stereocenters. The second-order valence-electron chi connectivity index (χ2n) is 4.75. The predicted molar refractivity (Wildman–Crippen MR) is 78.4 cm³/mol. The van der Waals surface area contributed by atoms with Gasteiger partial charge in [0.1, 0.15) is 11.5 Å². The SMILES string of the molecule is COc1ccc(OC(F)F)c(NCc2ccccc2C(F)(F)F)c1. The van der Waals surface area contributed by atoms with Gasteiger partial charge < -0.3 is 14.8 Å². The van der Waals surface area contributed by atoms with E-state index in [9.17, 15) is 22.0 Å². The van der Waals surface area contributed by atoms with Gasteiger partial charge in [-0.2, -0.15) is 22.0 Å². The van der Waals surface area contributed by atoms with E-state index in [1.54, 1.807) is 0 Å². The van der Waals surface area contributed by atoms with E-state index in [-0.39, 0.29) is 23.5 Å². The standard InChI is InChI=1S/C16H14F5NO2/c1-23-11-6-7-14(24-15(17)18)13(8-11)22-9-10-4-2-3-5-12(10)16(19,20)21/h2-8,15,22H,9H2,1H3. The van der Waals surface area contributed by atoms with Gasteiger partial charge in [-0.15, -0.1) is 0 Å². The Labute approximate surface area is 135 Å². The molecule has 0 aliphatic heterocycles. The van der Waals surface area contributed by atoms with Crippen LogP contribution in [0.2, 0.25) is 0 Å². The Balaban J connectivity index is 2.26. The summed E-state index contributed by atoms with van der Waals surface area (Å²) >= 11 is 0. The summed E-state index contributed by atoms with van der Waals surface area (Å²) in [5.74, 6) is 0.165. The van der Waals surface area contributed by atoms with Crippen LogP contribution in [0.5, 0.6) is 11.5 Å². The molecule has 0 amide bonds. The van der Waals surface area contributed by atoms with Crippen LogP contribution in [0.15, 0.2) is 42.5 Å². The van der Waals surface area contributed by atoms with Crippen molar-refractivity contribution in [1.29, 1.82) is 0 Å². The second-order valence-corrected chi connectivity index (χ2v) is 4.75. The lowest BCUT2D eigenvalue weighted by Crippen LogP contribution is -2.12. The Morgan fingerprint density at radius 2 is 1.79 bits per heavy atom. The zero-order valence-corrected chi connectivity index (χ0v) is 12.5. The minimum atomic E-state index is -4.51. The number of alkyl halides is 5. The third kappa shape index (κ3) is 4.50. The van der Waals surface area contributed by atoms with E-state index in [0.29, 0.717) is 5.75 Å². The highest BCUT2D eigenvalue weighted by Crippen LogP contribution is 2.34. The molecule has 0 saturated heterocycles.